The van der Waals surface area contributed by atoms with Gasteiger partial charge in [-0.15, -0.1) is 0 Å². The standard InChI is InChI=1S/C22H13NO/c23-14-20(15-8-2-1-3-9-15)21-16-10-4-6-12-18(16)22(24)19-13-7-5-11-17(19)21/h1-13H. The van der Waals surface area contributed by atoms with E-state index in [1.807, 2.05) is 78.9 Å². The van der Waals surface area contributed by atoms with Gasteiger partial charge >= 0.3 is 0 Å². The van der Waals surface area contributed by atoms with Crippen molar-refractivity contribution < 1.29 is 4.79 Å². The van der Waals surface area contributed by atoms with Crippen LogP contribution in [0.5, 0.6) is 0 Å². The van der Waals surface area contributed by atoms with Gasteiger partial charge < -0.3 is 0 Å². The first-order chi connectivity index (χ1) is 11.8. The first-order valence-corrected chi connectivity index (χ1v) is 7.74. The number of nitriles is 1. The topological polar surface area (TPSA) is 40.9 Å². The predicted octanol–water partition coefficient (Wildman–Crippen LogP) is 4.71. The molecule has 0 spiro atoms. The van der Waals surface area contributed by atoms with Crippen molar-refractivity contribution in [2.75, 3.05) is 0 Å². The third-order valence-corrected chi connectivity index (χ3v) is 4.31. The van der Waals surface area contributed by atoms with Gasteiger partial charge in [-0.25, -0.2) is 0 Å². The van der Waals surface area contributed by atoms with Gasteiger partial charge in [0.05, 0.1) is 5.57 Å². The second-order valence-corrected chi connectivity index (χ2v) is 5.65. The van der Waals surface area contributed by atoms with Crippen LogP contribution < -0.4 is 0 Å². The van der Waals surface area contributed by atoms with E-state index in [2.05, 4.69) is 6.07 Å². The summed E-state index contributed by atoms with van der Waals surface area (Å²) < 4.78 is 0. The van der Waals surface area contributed by atoms with Gasteiger partial charge in [0.1, 0.15) is 6.07 Å². The molecule has 0 saturated carbocycles. The Balaban J connectivity index is 2.13. The maximum atomic E-state index is 12.8. The molecule has 0 fully saturated rings. The van der Waals surface area contributed by atoms with Crippen molar-refractivity contribution in [2.45, 2.75) is 0 Å². The van der Waals surface area contributed by atoms with Gasteiger partial charge in [0, 0.05) is 16.7 Å². The average molecular weight is 307 g/mol. The molecule has 2 nitrogen and oxygen atoms in total. The summed E-state index contributed by atoms with van der Waals surface area (Å²) in [6, 6.07) is 27.0. The molecule has 4 rings (SSSR count). The van der Waals surface area contributed by atoms with Crippen LogP contribution in [0.2, 0.25) is 0 Å². The van der Waals surface area contributed by atoms with Crippen LogP contribution in [0.4, 0.5) is 0 Å². The molecule has 24 heavy (non-hydrogen) atoms. The molecule has 0 aromatic heterocycles. The number of hydrogen-bond acceptors (Lipinski definition) is 2. The summed E-state index contributed by atoms with van der Waals surface area (Å²) in [7, 11) is 0. The van der Waals surface area contributed by atoms with E-state index in [1.165, 1.54) is 0 Å². The number of allylic oxidation sites excluding steroid dienone is 1. The maximum Gasteiger partial charge on any atom is 0.194 e. The normalized spacial score (nSPS) is 12.1. The first-order valence-electron chi connectivity index (χ1n) is 7.74. The number of benzene rings is 3. The summed E-state index contributed by atoms with van der Waals surface area (Å²) in [6.07, 6.45) is 0. The quantitative estimate of drug-likeness (QED) is 0.478. The van der Waals surface area contributed by atoms with Crippen molar-refractivity contribution in [1.29, 1.82) is 5.26 Å². The van der Waals surface area contributed by atoms with E-state index in [1.54, 1.807) is 0 Å². The summed E-state index contributed by atoms with van der Waals surface area (Å²) in [5, 5.41) is 9.86. The molecule has 2 heteroatoms. The third kappa shape index (κ3) is 2.07. The fourth-order valence-corrected chi connectivity index (χ4v) is 3.23. The molecule has 112 valence electrons. The van der Waals surface area contributed by atoms with Gasteiger partial charge in [0.15, 0.2) is 5.78 Å². The molecule has 0 heterocycles. The van der Waals surface area contributed by atoms with Gasteiger partial charge in [0.25, 0.3) is 0 Å². The monoisotopic (exact) mass is 307 g/mol. The lowest BCUT2D eigenvalue weighted by Crippen LogP contribution is -2.15. The highest BCUT2D eigenvalue weighted by Gasteiger charge is 2.28. The Labute approximate surface area is 140 Å². The van der Waals surface area contributed by atoms with Crippen LogP contribution in [0.15, 0.2) is 78.9 Å². The smallest absolute Gasteiger partial charge is 0.194 e. The molecule has 0 bridgehead atoms. The molecule has 0 amide bonds. The molecule has 0 N–H and O–H groups in total. The number of carbonyl (C=O) groups is 1. The van der Waals surface area contributed by atoms with Crippen LogP contribution in [0.25, 0.3) is 11.1 Å². The SMILES string of the molecule is N#CC(=C1c2ccccc2C(=O)c2ccccc21)c1ccccc1. The van der Waals surface area contributed by atoms with Crippen LogP contribution in [0.3, 0.4) is 0 Å². The minimum atomic E-state index is 0.00954. The van der Waals surface area contributed by atoms with E-state index in [-0.39, 0.29) is 5.78 Å². The van der Waals surface area contributed by atoms with Gasteiger partial charge in [-0.05, 0) is 16.7 Å². The lowest BCUT2D eigenvalue weighted by Gasteiger charge is -2.23. The van der Waals surface area contributed by atoms with Gasteiger partial charge in [-0.1, -0.05) is 78.9 Å². The highest BCUT2D eigenvalue weighted by molar-refractivity contribution is 6.22. The zero-order chi connectivity index (χ0) is 16.5. The van der Waals surface area contributed by atoms with E-state index < -0.39 is 0 Å². The Morgan fingerprint density at radius 2 is 1.12 bits per heavy atom. The molecule has 3 aromatic carbocycles. The number of hydrogen-bond donors (Lipinski definition) is 0. The van der Waals surface area contributed by atoms with E-state index in [4.69, 9.17) is 0 Å². The number of rotatable bonds is 1. The Kier molecular flexibility index (Phi) is 3.33. The molecule has 3 aromatic rings. The molecule has 0 unspecified atom stereocenters. The largest absolute Gasteiger partial charge is 0.289 e. The molecule has 0 saturated heterocycles. The molecule has 0 radical (unpaired) electrons. The minimum Gasteiger partial charge on any atom is -0.289 e. The lowest BCUT2D eigenvalue weighted by atomic mass is 9.78. The van der Waals surface area contributed by atoms with E-state index in [9.17, 15) is 10.1 Å². The van der Waals surface area contributed by atoms with Crippen molar-refractivity contribution in [3.63, 3.8) is 0 Å². The van der Waals surface area contributed by atoms with Gasteiger partial charge in [-0.3, -0.25) is 4.79 Å². The third-order valence-electron chi connectivity index (χ3n) is 4.31. The van der Waals surface area contributed by atoms with Crippen molar-refractivity contribution in [3.05, 3.63) is 107 Å². The Hall–Kier alpha value is -3.44. The average Bonchev–Trinajstić information content (AvgIpc) is 2.66. The number of carbonyl (C=O) groups excluding carboxylic acids is 1. The fraction of sp³-hybridized carbons (Fsp3) is 0. The van der Waals surface area contributed by atoms with Crippen molar-refractivity contribution in [1.82, 2.24) is 0 Å². The molecule has 0 aliphatic heterocycles. The lowest BCUT2D eigenvalue weighted by molar-refractivity contribution is 0.103. The summed E-state index contributed by atoms with van der Waals surface area (Å²) in [4.78, 5) is 12.8. The second-order valence-electron chi connectivity index (χ2n) is 5.65. The molecular weight excluding hydrogens is 294 g/mol. The van der Waals surface area contributed by atoms with Crippen LogP contribution in [-0.2, 0) is 0 Å². The van der Waals surface area contributed by atoms with Crippen molar-refractivity contribution >= 4 is 16.9 Å². The Morgan fingerprint density at radius 3 is 1.62 bits per heavy atom. The van der Waals surface area contributed by atoms with Crippen molar-refractivity contribution in [3.8, 4) is 6.07 Å². The maximum absolute atomic E-state index is 12.8. The summed E-state index contributed by atoms with van der Waals surface area (Å²) in [5.74, 6) is 0.00954. The van der Waals surface area contributed by atoms with E-state index in [0.717, 1.165) is 22.3 Å². The van der Waals surface area contributed by atoms with Crippen LogP contribution in [-0.4, -0.2) is 5.78 Å². The highest BCUT2D eigenvalue weighted by Crippen LogP contribution is 2.40. The number of ketones is 1. The fourth-order valence-electron chi connectivity index (χ4n) is 3.23. The minimum absolute atomic E-state index is 0.00954. The molecular formula is C22H13NO. The van der Waals surface area contributed by atoms with E-state index in [0.29, 0.717) is 16.7 Å². The predicted molar refractivity (Wildman–Crippen MR) is 94.3 cm³/mol. The summed E-state index contributed by atoms with van der Waals surface area (Å²) >= 11 is 0. The van der Waals surface area contributed by atoms with Crippen molar-refractivity contribution in [2.24, 2.45) is 0 Å². The second kappa shape index (κ2) is 5.64. The summed E-state index contributed by atoms with van der Waals surface area (Å²) in [6.45, 7) is 0. The zero-order valence-corrected chi connectivity index (χ0v) is 12.9. The highest BCUT2D eigenvalue weighted by atomic mass is 16.1. The Morgan fingerprint density at radius 1 is 0.667 bits per heavy atom. The van der Waals surface area contributed by atoms with Gasteiger partial charge in [0.2, 0.25) is 0 Å². The molecule has 1 aliphatic rings. The van der Waals surface area contributed by atoms with Crippen LogP contribution in [0, 0.1) is 11.3 Å². The molecule has 1 aliphatic carbocycles. The first kappa shape index (κ1) is 14.2. The van der Waals surface area contributed by atoms with Gasteiger partial charge in [-0.2, -0.15) is 5.26 Å². The summed E-state index contributed by atoms with van der Waals surface area (Å²) in [5.41, 5.74) is 5.21. The Bertz CT molecular complexity index is 972. The molecule has 0 atom stereocenters. The zero-order valence-electron chi connectivity index (χ0n) is 12.9. The number of fused-ring (bicyclic) bond motifs is 2. The van der Waals surface area contributed by atoms with Crippen LogP contribution in [0.1, 0.15) is 32.6 Å². The number of nitrogens with zero attached hydrogens (tertiary/aromatic N) is 1. The van der Waals surface area contributed by atoms with Crippen LogP contribution >= 0.6 is 0 Å². The van der Waals surface area contributed by atoms with E-state index >= 15 is 0 Å².